The van der Waals surface area contributed by atoms with Gasteiger partial charge in [0.05, 0.1) is 17.8 Å². The summed E-state index contributed by atoms with van der Waals surface area (Å²) in [6.45, 7) is 4.06. The molecule has 0 amide bonds. The molecule has 0 atom stereocenters. The lowest BCUT2D eigenvalue weighted by Crippen LogP contribution is -2.03. The molecule has 1 heterocycles. The van der Waals surface area contributed by atoms with Crippen LogP contribution in [0.15, 0.2) is 24.5 Å². The number of hydrogen-bond donors (Lipinski definition) is 1. The van der Waals surface area contributed by atoms with E-state index >= 15 is 0 Å². The van der Waals surface area contributed by atoms with Gasteiger partial charge in [-0.2, -0.15) is 0 Å². The Morgan fingerprint density at radius 3 is 2.60 bits per heavy atom. The van der Waals surface area contributed by atoms with Gasteiger partial charge < -0.3 is 10.1 Å². The maximum absolute atomic E-state index is 6.18. The Morgan fingerprint density at radius 2 is 1.95 bits per heavy atom. The summed E-state index contributed by atoms with van der Waals surface area (Å²) in [7, 11) is 1.61. The number of ether oxygens (including phenoxy) is 1. The highest BCUT2D eigenvalue weighted by molar-refractivity contribution is 6.33. The van der Waals surface area contributed by atoms with Gasteiger partial charge in [-0.1, -0.05) is 37.0 Å². The average molecular weight is 312 g/mol. The van der Waals surface area contributed by atoms with Crippen molar-refractivity contribution in [2.24, 2.45) is 0 Å². The first-order valence-electron chi connectivity index (χ1n) is 6.14. The fourth-order valence-corrected chi connectivity index (χ4v) is 2.36. The Bertz CT molecular complexity index is 617. The molecule has 1 aromatic carbocycles. The lowest BCUT2D eigenvalue weighted by atomic mass is 10.1. The fourth-order valence-electron chi connectivity index (χ4n) is 1.84. The van der Waals surface area contributed by atoms with E-state index in [0.717, 1.165) is 5.56 Å². The second-order valence-corrected chi connectivity index (χ2v) is 5.32. The van der Waals surface area contributed by atoms with Gasteiger partial charge in [-0.25, -0.2) is 9.97 Å². The van der Waals surface area contributed by atoms with Crippen molar-refractivity contribution in [2.75, 3.05) is 12.4 Å². The van der Waals surface area contributed by atoms with Crippen LogP contribution in [0.5, 0.6) is 5.75 Å². The molecule has 0 radical (unpaired) electrons. The zero-order valence-electron chi connectivity index (χ0n) is 11.4. The van der Waals surface area contributed by atoms with E-state index in [-0.39, 0.29) is 5.92 Å². The monoisotopic (exact) mass is 311 g/mol. The minimum Gasteiger partial charge on any atom is -0.497 e. The van der Waals surface area contributed by atoms with Crippen LogP contribution < -0.4 is 10.1 Å². The first-order valence-corrected chi connectivity index (χ1v) is 6.89. The standard InChI is InChI=1S/C14H15Cl2N3O/c1-8(2)12-13(16)17-7-18-14(12)19-11-6-9(20-3)4-5-10(11)15/h4-8H,1-3H3,(H,17,18,19). The minimum absolute atomic E-state index is 0.190. The predicted octanol–water partition coefficient (Wildman–Crippen LogP) is 4.66. The first kappa shape index (κ1) is 14.9. The molecule has 6 heteroatoms. The van der Waals surface area contributed by atoms with Gasteiger partial charge in [0.15, 0.2) is 0 Å². The van der Waals surface area contributed by atoms with Crippen molar-refractivity contribution >= 4 is 34.7 Å². The highest BCUT2D eigenvalue weighted by atomic mass is 35.5. The maximum Gasteiger partial charge on any atom is 0.138 e. The number of nitrogens with one attached hydrogen (secondary N) is 1. The van der Waals surface area contributed by atoms with Crippen LogP contribution in [0.3, 0.4) is 0 Å². The molecule has 1 N–H and O–H groups in total. The molecule has 0 fully saturated rings. The quantitative estimate of drug-likeness (QED) is 0.834. The van der Waals surface area contributed by atoms with Gasteiger partial charge in [0.2, 0.25) is 0 Å². The van der Waals surface area contributed by atoms with Gasteiger partial charge in [0, 0.05) is 11.6 Å². The molecule has 0 bridgehead atoms. The van der Waals surface area contributed by atoms with Crippen LogP contribution in [0.4, 0.5) is 11.5 Å². The van der Waals surface area contributed by atoms with E-state index in [1.54, 1.807) is 19.2 Å². The second kappa shape index (κ2) is 6.29. The molecule has 0 spiro atoms. The number of benzene rings is 1. The van der Waals surface area contributed by atoms with Crippen molar-refractivity contribution in [2.45, 2.75) is 19.8 Å². The molecule has 0 aliphatic carbocycles. The van der Waals surface area contributed by atoms with Crippen molar-refractivity contribution in [3.05, 3.63) is 40.3 Å². The van der Waals surface area contributed by atoms with Crippen molar-refractivity contribution in [1.29, 1.82) is 0 Å². The van der Waals surface area contributed by atoms with Crippen LogP contribution in [-0.4, -0.2) is 17.1 Å². The van der Waals surface area contributed by atoms with Crippen LogP contribution >= 0.6 is 23.2 Å². The Morgan fingerprint density at radius 1 is 1.20 bits per heavy atom. The normalized spacial score (nSPS) is 10.7. The van der Waals surface area contributed by atoms with Gasteiger partial charge in [-0.15, -0.1) is 0 Å². The van der Waals surface area contributed by atoms with Gasteiger partial charge in [-0.05, 0) is 18.1 Å². The zero-order chi connectivity index (χ0) is 14.7. The summed E-state index contributed by atoms with van der Waals surface area (Å²) in [5.41, 5.74) is 1.57. The smallest absolute Gasteiger partial charge is 0.138 e. The molecule has 2 aromatic rings. The van der Waals surface area contributed by atoms with Gasteiger partial charge >= 0.3 is 0 Å². The third-order valence-corrected chi connectivity index (χ3v) is 3.47. The number of anilines is 2. The molecule has 106 valence electrons. The van der Waals surface area contributed by atoms with Crippen molar-refractivity contribution < 1.29 is 4.74 Å². The summed E-state index contributed by atoms with van der Waals surface area (Å²) >= 11 is 12.3. The molecule has 0 aliphatic heterocycles. The average Bonchev–Trinajstić information content (AvgIpc) is 2.41. The number of nitrogens with zero attached hydrogens (tertiary/aromatic N) is 2. The molecule has 2 rings (SSSR count). The Balaban J connectivity index is 2.42. The van der Waals surface area contributed by atoms with E-state index in [0.29, 0.717) is 27.4 Å². The summed E-state index contributed by atoms with van der Waals surface area (Å²) in [6, 6.07) is 5.37. The third-order valence-electron chi connectivity index (χ3n) is 2.84. The van der Waals surface area contributed by atoms with E-state index in [1.807, 2.05) is 19.9 Å². The van der Waals surface area contributed by atoms with Gasteiger partial charge in [0.25, 0.3) is 0 Å². The molecule has 0 aliphatic rings. The van der Waals surface area contributed by atoms with E-state index in [2.05, 4.69) is 15.3 Å². The molecule has 20 heavy (non-hydrogen) atoms. The minimum atomic E-state index is 0.190. The van der Waals surface area contributed by atoms with Crippen LogP contribution in [-0.2, 0) is 0 Å². The summed E-state index contributed by atoms with van der Waals surface area (Å²) < 4.78 is 5.19. The molecule has 1 aromatic heterocycles. The number of halogens is 2. The Kier molecular flexibility index (Phi) is 4.68. The summed E-state index contributed by atoms with van der Waals surface area (Å²) in [4.78, 5) is 8.26. The lowest BCUT2D eigenvalue weighted by Gasteiger charge is -2.15. The van der Waals surface area contributed by atoms with Crippen molar-refractivity contribution in [3.63, 3.8) is 0 Å². The Hall–Kier alpha value is -1.52. The third kappa shape index (κ3) is 3.14. The van der Waals surface area contributed by atoms with Crippen molar-refractivity contribution in [3.8, 4) is 5.75 Å². The molecule has 4 nitrogen and oxygen atoms in total. The van der Waals surface area contributed by atoms with Crippen LogP contribution in [0, 0.1) is 0 Å². The second-order valence-electron chi connectivity index (χ2n) is 4.55. The zero-order valence-corrected chi connectivity index (χ0v) is 13.0. The molecule has 0 saturated heterocycles. The van der Waals surface area contributed by atoms with E-state index < -0.39 is 0 Å². The first-order chi connectivity index (χ1) is 9.52. The lowest BCUT2D eigenvalue weighted by molar-refractivity contribution is 0.415. The summed E-state index contributed by atoms with van der Waals surface area (Å²) in [5.74, 6) is 1.55. The van der Waals surface area contributed by atoms with E-state index in [4.69, 9.17) is 27.9 Å². The number of hydrogen-bond acceptors (Lipinski definition) is 4. The molecular formula is C14H15Cl2N3O. The summed E-state index contributed by atoms with van der Waals surface area (Å²) in [6.07, 6.45) is 1.42. The van der Waals surface area contributed by atoms with Crippen LogP contribution in [0.2, 0.25) is 10.2 Å². The predicted molar refractivity (Wildman–Crippen MR) is 82.4 cm³/mol. The van der Waals surface area contributed by atoms with Gasteiger partial charge in [-0.3, -0.25) is 0 Å². The topological polar surface area (TPSA) is 47.0 Å². The van der Waals surface area contributed by atoms with E-state index in [1.165, 1.54) is 6.33 Å². The molecule has 0 saturated carbocycles. The molecule has 0 unspecified atom stereocenters. The fraction of sp³-hybridized carbons (Fsp3) is 0.286. The Labute approximate surface area is 128 Å². The van der Waals surface area contributed by atoms with Crippen LogP contribution in [0.25, 0.3) is 0 Å². The van der Waals surface area contributed by atoms with Crippen molar-refractivity contribution in [1.82, 2.24) is 9.97 Å². The number of aromatic nitrogens is 2. The number of rotatable bonds is 4. The van der Waals surface area contributed by atoms with Crippen LogP contribution in [0.1, 0.15) is 25.3 Å². The highest BCUT2D eigenvalue weighted by Gasteiger charge is 2.14. The van der Waals surface area contributed by atoms with E-state index in [9.17, 15) is 0 Å². The SMILES string of the molecule is COc1ccc(Cl)c(Nc2ncnc(Cl)c2C(C)C)c1. The maximum atomic E-state index is 6.18. The highest BCUT2D eigenvalue weighted by Crippen LogP contribution is 2.33. The number of methoxy groups -OCH3 is 1. The van der Waals surface area contributed by atoms with Gasteiger partial charge in [0.1, 0.15) is 23.0 Å². The molecular weight excluding hydrogens is 297 g/mol. The largest absolute Gasteiger partial charge is 0.497 e. The summed E-state index contributed by atoms with van der Waals surface area (Å²) in [5, 5.41) is 4.21.